The van der Waals surface area contributed by atoms with Crippen LogP contribution in [0.15, 0.2) is 10.6 Å². The quantitative estimate of drug-likeness (QED) is 0.697. The summed E-state index contributed by atoms with van der Waals surface area (Å²) in [5, 5.41) is 4.20. The van der Waals surface area contributed by atoms with Crippen LogP contribution < -0.4 is 0 Å². The summed E-state index contributed by atoms with van der Waals surface area (Å²) in [5.41, 5.74) is 2.70. The normalized spacial score (nSPS) is 13.2. The molecule has 3 heterocycles. The molecule has 106 valence electrons. The van der Waals surface area contributed by atoms with E-state index in [-0.39, 0.29) is 5.38 Å². The fraction of sp³-hybridized carbons (Fsp3) is 0.462. The van der Waals surface area contributed by atoms with Gasteiger partial charge in [0, 0.05) is 7.05 Å². The van der Waals surface area contributed by atoms with E-state index in [1.807, 2.05) is 37.1 Å². The van der Waals surface area contributed by atoms with Crippen LogP contribution in [0.5, 0.6) is 0 Å². The van der Waals surface area contributed by atoms with Gasteiger partial charge in [-0.15, -0.1) is 11.6 Å². The van der Waals surface area contributed by atoms with Gasteiger partial charge in [0.2, 0.25) is 5.89 Å². The van der Waals surface area contributed by atoms with Crippen LogP contribution in [0.1, 0.15) is 35.5 Å². The summed E-state index contributed by atoms with van der Waals surface area (Å²) in [4.78, 5) is 8.86. The highest BCUT2D eigenvalue weighted by Crippen LogP contribution is 2.26. The fourth-order valence-corrected chi connectivity index (χ4v) is 2.59. The molecule has 0 radical (unpaired) electrons. The average Bonchev–Trinajstić information content (AvgIpc) is 3.00. The summed E-state index contributed by atoms with van der Waals surface area (Å²) in [6.07, 6.45) is 1.71. The Morgan fingerprint density at radius 3 is 2.75 bits per heavy atom. The van der Waals surface area contributed by atoms with Crippen LogP contribution in [0.3, 0.4) is 0 Å². The lowest BCUT2D eigenvalue weighted by atomic mass is 10.4. The lowest BCUT2D eigenvalue weighted by Crippen LogP contribution is -2.09. The number of aryl methyl sites for hydroxylation is 3. The molecule has 7 heteroatoms. The van der Waals surface area contributed by atoms with E-state index in [1.165, 1.54) is 0 Å². The van der Waals surface area contributed by atoms with Crippen molar-refractivity contribution < 1.29 is 4.42 Å². The number of aromatic nitrogens is 5. The first-order valence-corrected chi connectivity index (χ1v) is 6.86. The molecule has 0 fully saturated rings. The monoisotopic (exact) mass is 293 g/mol. The van der Waals surface area contributed by atoms with Gasteiger partial charge in [-0.1, -0.05) is 0 Å². The molecule has 1 atom stereocenters. The Balaban J connectivity index is 2.18. The van der Waals surface area contributed by atoms with E-state index >= 15 is 0 Å². The zero-order valence-corrected chi connectivity index (χ0v) is 12.6. The molecule has 0 saturated carbocycles. The van der Waals surface area contributed by atoms with Crippen LogP contribution in [-0.4, -0.2) is 24.3 Å². The van der Waals surface area contributed by atoms with Gasteiger partial charge in [-0.05, 0) is 20.8 Å². The maximum absolute atomic E-state index is 6.25. The highest BCUT2D eigenvalue weighted by Gasteiger charge is 2.21. The highest BCUT2D eigenvalue weighted by atomic mass is 35.5. The minimum atomic E-state index is -0.196. The van der Waals surface area contributed by atoms with Gasteiger partial charge in [0.15, 0.2) is 5.65 Å². The molecule has 0 saturated heterocycles. The summed E-state index contributed by atoms with van der Waals surface area (Å²) in [5.74, 6) is 2.23. The Morgan fingerprint density at radius 1 is 1.40 bits per heavy atom. The van der Waals surface area contributed by atoms with Crippen LogP contribution in [0.4, 0.5) is 0 Å². The zero-order valence-electron chi connectivity index (χ0n) is 11.9. The van der Waals surface area contributed by atoms with E-state index in [0.29, 0.717) is 12.4 Å². The molecule has 0 bridgehead atoms. The summed E-state index contributed by atoms with van der Waals surface area (Å²) in [7, 11) is 1.90. The molecule has 0 aromatic carbocycles. The van der Waals surface area contributed by atoms with Crippen LogP contribution >= 0.6 is 11.6 Å². The van der Waals surface area contributed by atoms with E-state index in [4.69, 9.17) is 16.0 Å². The number of alkyl halides is 1. The number of rotatable bonds is 3. The highest BCUT2D eigenvalue weighted by molar-refractivity contribution is 6.20. The lowest BCUT2D eigenvalue weighted by Gasteiger charge is -2.08. The first-order chi connectivity index (χ1) is 9.47. The van der Waals surface area contributed by atoms with E-state index in [1.54, 1.807) is 6.20 Å². The van der Waals surface area contributed by atoms with E-state index in [0.717, 1.165) is 28.4 Å². The number of fused-ring (bicyclic) bond motifs is 1. The Hall–Kier alpha value is -1.82. The molecule has 0 aliphatic heterocycles. The van der Waals surface area contributed by atoms with Gasteiger partial charge in [-0.2, -0.15) is 5.10 Å². The maximum atomic E-state index is 6.25. The number of imidazole rings is 1. The van der Waals surface area contributed by atoms with E-state index in [9.17, 15) is 0 Å². The third-order valence-corrected chi connectivity index (χ3v) is 3.43. The summed E-state index contributed by atoms with van der Waals surface area (Å²) < 4.78 is 9.38. The van der Waals surface area contributed by atoms with Crippen molar-refractivity contribution >= 4 is 22.8 Å². The molecule has 0 N–H and O–H groups in total. The molecule has 0 aliphatic rings. The second kappa shape index (κ2) is 4.63. The van der Waals surface area contributed by atoms with E-state index < -0.39 is 0 Å². The molecule has 20 heavy (non-hydrogen) atoms. The molecule has 0 amide bonds. The molecule has 3 aromatic heterocycles. The van der Waals surface area contributed by atoms with Crippen molar-refractivity contribution in [3.05, 3.63) is 29.4 Å². The molecular formula is C13H16ClN5O. The van der Waals surface area contributed by atoms with Crippen molar-refractivity contribution in [3.63, 3.8) is 0 Å². The van der Waals surface area contributed by atoms with Gasteiger partial charge in [0.05, 0.1) is 17.3 Å². The predicted molar refractivity (Wildman–Crippen MR) is 75.8 cm³/mol. The fourth-order valence-electron chi connectivity index (χ4n) is 2.42. The topological polar surface area (TPSA) is 61.7 Å². The van der Waals surface area contributed by atoms with Gasteiger partial charge in [-0.3, -0.25) is 4.68 Å². The molecule has 3 aromatic rings. The third kappa shape index (κ3) is 2.00. The zero-order chi connectivity index (χ0) is 14.4. The second-order valence-corrected chi connectivity index (χ2v) is 5.57. The first-order valence-electron chi connectivity index (χ1n) is 6.42. The van der Waals surface area contributed by atoms with Crippen molar-refractivity contribution in [3.8, 4) is 0 Å². The van der Waals surface area contributed by atoms with Crippen LogP contribution in [-0.2, 0) is 13.6 Å². The Morgan fingerprint density at radius 2 is 2.15 bits per heavy atom. The summed E-state index contributed by atoms with van der Waals surface area (Å²) in [6, 6.07) is 0. The van der Waals surface area contributed by atoms with Crippen molar-refractivity contribution in [1.29, 1.82) is 0 Å². The van der Waals surface area contributed by atoms with Gasteiger partial charge in [0.25, 0.3) is 0 Å². The van der Waals surface area contributed by atoms with Gasteiger partial charge in [-0.25, -0.2) is 9.97 Å². The third-order valence-electron chi connectivity index (χ3n) is 3.24. The standard InChI is InChI=1S/C13H16ClN5O/c1-7-5-15-10(20-7)6-19-12(8(2)14)16-11-9(3)17-18(4)13(11)19/h5,8H,6H2,1-4H3. The molecule has 0 aliphatic carbocycles. The van der Waals surface area contributed by atoms with Crippen LogP contribution in [0, 0.1) is 13.8 Å². The van der Waals surface area contributed by atoms with Gasteiger partial charge < -0.3 is 8.98 Å². The van der Waals surface area contributed by atoms with E-state index in [2.05, 4.69) is 15.1 Å². The van der Waals surface area contributed by atoms with Crippen LogP contribution in [0.2, 0.25) is 0 Å². The summed E-state index contributed by atoms with van der Waals surface area (Å²) >= 11 is 6.25. The van der Waals surface area contributed by atoms with Gasteiger partial charge >= 0.3 is 0 Å². The maximum Gasteiger partial charge on any atom is 0.214 e. The Kier molecular flexibility index (Phi) is 3.05. The Bertz CT molecular complexity index is 767. The Labute approximate surface area is 121 Å². The number of hydrogen-bond donors (Lipinski definition) is 0. The minimum absolute atomic E-state index is 0.196. The predicted octanol–water partition coefficient (Wildman–Crippen LogP) is 2.72. The van der Waals surface area contributed by atoms with Gasteiger partial charge in [0.1, 0.15) is 23.6 Å². The number of halogens is 1. The summed E-state index contributed by atoms with van der Waals surface area (Å²) in [6.45, 7) is 6.22. The number of nitrogens with zero attached hydrogens (tertiary/aromatic N) is 5. The van der Waals surface area contributed by atoms with Crippen molar-refractivity contribution in [1.82, 2.24) is 24.3 Å². The van der Waals surface area contributed by atoms with Crippen molar-refractivity contribution in [2.24, 2.45) is 7.05 Å². The lowest BCUT2D eigenvalue weighted by molar-refractivity contribution is 0.454. The molecule has 3 rings (SSSR count). The average molecular weight is 294 g/mol. The largest absolute Gasteiger partial charge is 0.444 e. The molecular weight excluding hydrogens is 278 g/mol. The molecule has 0 spiro atoms. The second-order valence-electron chi connectivity index (χ2n) is 4.92. The van der Waals surface area contributed by atoms with Crippen molar-refractivity contribution in [2.75, 3.05) is 0 Å². The molecule has 1 unspecified atom stereocenters. The first kappa shape index (κ1) is 13.2. The van der Waals surface area contributed by atoms with Crippen molar-refractivity contribution in [2.45, 2.75) is 32.7 Å². The number of oxazole rings is 1. The SMILES string of the molecule is Cc1cnc(Cn2c(C(C)Cl)nc3c(C)nn(C)c32)o1. The molecule has 6 nitrogen and oxygen atoms in total. The smallest absolute Gasteiger partial charge is 0.214 e. The van der Waals surface area contributed by atoms with Crippen LogP contribution in [0.25, 0.3) is 11.2 Å². The number of hydrogen-bond acceptors (Lipinski definition) is 4. The minimum Gasteiger partial charge on any atom is -0.444 e.